The molecule has 0 saturated carbocycles. The van der Waals surface area contributed by atoms with Gasteiger partial charge in [0.2, 0.25) is 5.91 Å². The fraction of sp³-hybridized carbons (Fsp3) is 0.238. The van der Waals surface area contributed by atoms with Gasteiger partial charge in [-0.1, -0.05) is 24.3 Å². The Morgan fingerprint density at radius 2 is 1.93 bits per heavy atom. The van der Waals surface area contributed by atoms with Crippen LogP contribution in [0.1, 0.15) is 23.7 Å². The second kappa shape index (κ2) is 8.64. The fourth-order valence-corrected chi connectivity index (χ4v) is 3.04. The molecule has 1 heterocycles. The quantitative estimate of drug-likeness (QED) is 0.596. The summed E-state index contributed by atoms with van der Waals surface area (Å²) in [6.07, 6.45) is -0.116. The van der Waals surface area contributed by atoms with E-state index in [9.17, 15) is 23.6 Å². The van der Waals surface area contributed by atoms with Crippen LogP contribution in [0.25, 0.3) is 0 Å². The Bertz CT molecular complexity index is 975. The topological polar surface area (TPSA) is 92.8 Å². The zero-order valence-electron chi connectivity index (χ0n) is 15.7. The molecular formula is C21H19FN2O5. The van der Waals surface area contributed by atoms with Gasteiger partial charge in [-0.05, 0) is 31.2 Å². The number of ketones is 1. The number of ether oxygens (including phenoxy) is 1. The van der Waals surface area contributed by atoms with Crippen molar-refractivity contribution in [3.63, 3.8) is 0 Å². The van der Waals surface area contributed by atoms with Crippen molar-refractivity contribution in [1.29, 1.82) is 0 Å². The van der Waals surface area contributed by atoms with Crippen molar-refractivity contribution >= 4 is 34.9 Å². The molecule has 1 aliphatic heterocycles. The van der Waals surface area contributed by atoms with Crippen LogP contribution in [0.4, 0.5) is 15.8 Å². The third kappa shape index (κ3) is 4.84. The van der Waals surface area contributed by atoms with E-state index in [0.29, 0.717) is 11.3 Å². The highest BCUT2D eigenvalue weighted by Gasteiger charge is 2.37. The number of carbonyl (C=O) groups is 4. The maximum absolute atomic E-state index is 13.9. The number of Topliss-reactive ketones (excluding diaryl/α,β-unsaturated/α-hetero) is 1. The molecule has 29 heavy (non-hydrogen) atoms. The summed E-state index contributed by atoms with van der Waals surface area (Å²) in [5, 5.41) is 2.54. The molecule has 0 spiro atoms. The molecule has 1 aliphatic rings. The van der Waals surface area contributed by atoms with Gasteiger partial charge in [0, 0.05) is 24.2 Å². The molecule has 1 fully saturated rings. The highest BCUT2D eigenvalue weighted by Crippen LogP contribution is 2.27. The highest BCUT2D eigenvalue weighted by molar-refractivity contribution is 6.00. The van der Waals surface area contributed by atoms with Crippen molar-refractivity contribution in [3.8, 4) is 0 Å². The zero-order valence-corrected chi connectivity index (χ0v) is 15.7. The molecule has 150 valence electrons. The Balaban J connectivity index is 1.54. The summed E-state index contributed by atoms with van der Waals surface area (Å²) < 4.78 is 18.9. The monoisotopic (exact) mass is 398 g/mol. The summed E-state index contributed by atoms with van der Waals surface area (Å²) in [4.78, 5) is 49.0. The summed E-state index contributed by atoms with van der Waals surface area (Å²) >= 11 is 0. The first-order valence-corrected chi connectivity index (χ1v) is 8.97. The molecule has 0 aromatic heterocycles. The summed E-state index contributed by atoms with van der Waals surface area (Å²) in [5.41, 5.74) is 0.953. The molecule has 2 amide bonds. The van der Waals surface area contributed by atoms with E-state index >= 15 is 0 Å². The lowest BCUT2D eigenvalue weighted by Crippen LogP contribution is -2.28. The minimum atomic E-state index is -0.782. The number of rotatable bonds is 6. The van der Waals surface area contributed by atoms with Gasteiger partial charge in [0.15, 0.2) is 12.4 Å². The minimum Gasteiger partial charge on any atom is -0.455 e. The zero-order chi connectivity index (χ0) is 21.0. The van der Waals surface area contributed by atoms with Crippen LogP contribution in [0, 0.1) is 11.7 Å². The van der Waals surface area contributed by atoms with Crippen LogP contribution < -0.4 is 10.2 Å². The molecule has 0 radical (unpaired) electrons. The summed E-state index contributed by atoms with van der Waals surface area (Å²) in [5.74, 6) is -3.14. The van der Waals surface area contributed by atoms with E-state index < -0.39 is 30.2 Å². The van der Waals surface area contributed by atoms with Crippen LogP contribution in [0.2, 0.25) is 0 Å². The van der Waals surface area contributed by atoms with Crippen LogP contribution in [0.15, 0.2) is 48.5 Å². The Labute approximate surface area is 166 Å². The van der Waals surface area contributed by atoms with E-state index in [-0.39, 0.29) is 30.3 Å². The molecule has 8 heteroatoms. The van der Waals surface area contributed by atoms with E-state index in [2.05, 4.69) is 5.32 Å². The highest BCUT2D eigenvalue weighted by atomic mass is 19.1. The van der Waals surface area contributed by atoms with Gasteiger partial charge in [-0.3, -0.25) is 19.2 Å². The first-order valence-electron chi connectivity index (χ1n) is 8.97. The Kier molecular flexibility index (Phi) is 6.01. The summed E-state index contributed by atoms with van der Waals surface area (Å²) in [6.45, 7) is 0.866. The van der Waals surface area contributed by atoms with Gasteiger partial charge in [0.05, 0.1) is 11.6 Å². The Hall–Kier alpha value is -3.55. The van der Waals surface area contributed by atoms with Gasteiger partial charge in [0.1, 0.15) is 5.82 Å². The Morgan fingerprint density at radius 3 is 2.66 bits per heavy atom. The third-order valence-corrected chi connectivity index (χ3v) is 4.50. The summed E-state index contributed by atoms with van der Waals surface area (Å²) in [7, 11) is 0. The number of esters is 1. The van der Waals surface area contributed by atoms with Gasteiger partial charge < -0.3 is 15.0 Å². The molecule has 3 rings (SSSR count). The number of hydrogen-bond acceptors (Lipinski definition) is 5. The molecular weight excluding hydrogens is 379 g/mol. The van der Waals surface area contributed by atoms with E-state index in [1.165, 1.54) is 36.1 Å². The normalized spacial score (nSPS) is 15.9. The molecule has 0 unspecified atom stereocenters. The average molecular weight is 398 g/mol. The van der Waals surface area contributed by atoms with Crippen molar-refractivity contribution in [1.82, 2.24) is 0 Å². The number of anilines is 2. The first-order chi connectivity index (χ1) is 13.8. The predicted molar refractivity (Wildman–Crippen MR) is 103 cm³/mol. The number of carbonyl (C=O) groups excluding carboxylic acids is 4. The van der Waals surface area contributed by atoms with Gasteiger partial charge >= 0.3 is 5.97 Å². The van der Waals surface area contributed by atoms with Crippen molar-refractivity contribution < 1.29 is 28.3 Å². The minimum absolute atomic E-state index is 0.0130. The van der Waals surface area contributed by atoms with Gasteiger partial charge in [0.25, 0.3) is 5.91 Å². The second-order valence-corrected chi connectivity index (χ2v) is 6.65. The van der Waals surface area contributed by atoms with Crippen molar-refractivity contribution in [2.45, 2.75) is 13.3 Å². The molecule has 2 aromatic rings. The number of amides is 2. The number of nitrogens with zero attached hydrogens (tertiary/aromatic N) is 1. The molecule has 0 bridgehead atoms. The molecule has 1 atom stereocenters. The van der Waals surface area contributed by atoms with E-state index in [4.69, 9.17) is 4.74 Å². The van der Waals surface area contributed by atoms with E-state index in [1.54, 1.807) is 24.3 Å². The van der Waals surface area contributed by atoms with Gasteiger partial charge in [-0.25, -0.2) is 4.39 Å². The number of benzene rings is 2. The number of nitrogens with one attached hydrogen (secondary N) is 1. The van der Waals surface area contributed by atoms with Crippen molar-refractivity contribution in [3.05, 3.63) is 59.9 Å². The first kappa shape index (κ1) is 20.2. The number of halogens is 1. The van der Waals surface area contributed by atoms with Crippen LogP contribution in [-0.2, 0) is 19.1 Å². The maximum atomic E-state index is 13.9. The van der Waals surface area contributed by atoms with Crippen LogP contribution in [-0.4, -0.2) is 36.7 Å². The van der Waals surface area contributed by atoms with Crippen molar-refractivity contribution in [2.24, 2.45) is 5.92 Å². The summed E-state index contributed by atoms with van der Waals surface area (Å²) in [6, 6.07) is 12.2. The molecule has 7 nitrogen and oxygen atoms in total. The van der Waals surface area contributed by atoms with Gasteiger partial charge in [-0.2, -0.15) is 0 Å². The SMILES string of the molecule is CC(=O)c1cccc(NC(=O)COC(=O)[C@H]2CC(=O)N(c3ccccc3F)C2)c1. The van der Waals surface area contributed by atoms with Crippen molar-refractivity contribution in [2.75, 3.05) is 23.4 Å². The largest absolute Gasteiger partial charge is 0.455 e. The predicted octanol–water partition coefficient (Wildman–Crippen LogP) is 2.56. The fourth-order valence-electron chi connectivity index (χ4n) is 3.04. The molecule has 1 N–H and O–H groups in total. The van der Waals surface area contributed by atoms with E-state index in [1.807, 2.05) is 0 Å². The second-order valence-electron chi connectivity index (χ2n) is 6.65. The number of hydrogen-bond donors (Lipinski definition) is 1. The standard InChI is InChI=1S/C21H19FN2O5/c1-13(25)14-5-4-6-16(9-14)23-19(26)12-29-21(28)15-10-20(27)24(11-15)18-8-3-2-7-17(18)22/h2-9,15H,10-12H2,1H3,(H,23,26)/t15-/m0/s1. The van der Waals surface area contributed by atoms with Crippen LogP contribution in [0.5, 0.6) is 0 Å². The lowest BCUT2D eigenvalue weighted by atomic mass is 10.1. The lowest BCUT2D eigenvalue weighted by molar-refractivity contribution is -0.151. The third-order valence-electron chi connectivity index (χ3n) is 4.50. The van der Waals surface area contributed by atoms with E-state index in [0.717, 1.165) is 0 Å². The lowest BCUT2D eigenvalue weighted by Gasteiger charge is -2.17. The maximum Gasteiger partial charge on any atom is 0.311 e. The number of para-hydroxylation sites is 1. The van der Waals surface area contributed by atoms with Crippen LogP contribution in [0.3, 0.4) is 0 Å². The average Bonchev–Trinajstić information content (AvgIpc) is 3.08. The van der Waals surface area contributed by atoms with Gasteiger partial charge in [-0.15, -0.1) is 0 Å². The molecule has 1 saturated heterocycles. The smallest absolute Gasteiger partial charge is 0.311 e. The molecule has 2 aromatic carbocycles. The molecule has 0 aliphatic carbocycles. The Morgan fingerprint density at radius 1 is 1.17 bits per heavy atom. The van der Waals surface area contributed by atoms with Crippen LogP contribution >= 0.6 is 0 Å².